The minimum Gasteiger partial charge on any atom is -0.508 e. The molecule has 0 bridgehead atoms. The lowest BCUT2D eigenvalue weighted by Gasteiger charge is -2.02. The molecule has 0 saturated carbocycles. The summed E-state index contributed by atoms with van der Waals surface area (Å²) in [6, 6.07) is 4.57. The van der Waals surface area contributed by atoms with Crippen LogP contribution in [0.15, 0.2) is 18.2 Å². The third-order valence-electron chi connectivity index (χ3n) is 1.44. The Morgan fingerprint density at radius 1 is 1.38 bits per heavy atom. The lowest BCUT2D eigenvalue weighted by Crippen LogP contribution is -1.98. The molecule has 0 radical (unpaired) electrons. The van der Waals surface area contributed by atoms with Gasteiger partial charge in [0.05, 0.1) is 0 Å². The molecule has 0 spiro atoms. The number of nitrogens with one attached hydrogen (secondary N) is 1. The zero-order chi connectivity index (χ0) is 10.4. The molecule has 1 rings (SSSR count). The van der Waals surface area contributed by atoms with Gasteiger partial charge in [-0.15, -0.1) is 0 Å². The van der Waals surface area contributed by atoms with Crippen LogP contribution >= 0.6 is 0 Å². The molecule has 1 aromatic carbocycles. The molecule has 0 saturated heterocycles. The summed E-state index contributed by atoms with van der Waals surface area (Å²) in [6.07, 6.45) is 0. The van der Waals surface area contributed by atoms with Crippen molar-refractivity contribution < 1.29 is 5.11 Å². The van der Waals surface area contributed by atoms with Crippen molar-refractivity contribution >= 4 is 11.4 Å². The average molecular weight is 180 g/mol. The molecule has 0 heterocycles. The Morgan fingerprint density at radius 3 is 2.31 bits per heavy atom. The second-order valence-electron chi connectivity index (χ2n) is 2.40. The van der Waals surface area contributed by atoms with E-state index in [1.54, 1.807) is 13.0 Å². The molecule has 0 aliphatic heterocycles. The molecule has 0 aliphatic carbocycles. The van der Waals surface area contributed by atoms with Crippen molar-refractivity contribution in [2.45, 2.75) is 20.8 Å². The Balaban J connectivity index is 0.000000671. The minimum atomic E-state index is 0.140. The van der Waals surface area contributed by atoms with Crippen LogP contribution in [0.5, 0.6) is 5.75 Å². The maximum Gasteiger partial charge on any atom is 0.116 e. The number of anilines is 1. The average Bonchev–Trinajstić information content (AvgIpc) is 2.12. The van der Waals surface area contributed by atoms with Crippen molar-refractivity contribution in [2.24, 2.45) is 0 Å². The molecule has 1 aromatic rings. The maximum atomic E-state index is 9.03. The summed E-state index contributed by atoms with van der Waals surface area (Å²) < 4.78 is 0. The highest BCUT2D eigenvalue weighted by molar-refractivity contribution is 6.01. The van der Waals surface area contributed by atoms with Crippen LogP contribution in [-0.2, 0) is 0 Å². The molecule has 13 heavy (non-hydrogen) atoms. The van der Waals surface area contributed by atoms with Gasteiger partial charge in [-0.25, -0.2) is 0 Å². The number of hydrogen-bond donors (Lipinski definition) is 3. The van der Waals surface area contributed by atoms with Gasteiger partial charge < -0.3 is 16.2 Å². The molecule has 0 aliphatic rings. The highest BCUT2D eigenvalue weighted by atomic mass is 16.3. The van der Waals surface area contributed by atoms with E-state index in [4.69, 9.17) is 16.2 Å². The number of aromatic hydroxyl groups is 1. The highest BCUT2D eigenvalue weighted by Crippen LogP contribution is 2.18. The summed E-state index contributed by atoms with van der Waals surface area (Å²) in [5, 5.41) is 16.3. The number of phenols is 1. The first-order valence-electron chi connectivity index (χ1n) is 4.25. The largest absolute Gasteiger partial charge is 0.508 e. The number of nitrogen functional groups attached to an aromatic ring is 1. The Bertz CT molecular complexity index is 295. The zero-order valence-electron chi connectivity index (χ0n) is 8.26. The molecule has 0 unspecified atom stereocenters. The van der Waals surface area contributed by atoms with Crippen LogP contribution < -0.4 is 5.73 Å². The molecule has 0 atom stereocenters. The Kier molecular flexibility index (Phi) is 4.59. The number of rotatable bonds is 1. The second-order valence-corrected chi connectivity index (χ2v) is 2.40. The molecule has 3 nitrogen and oxygen atoms in total. The summed E-state index contributed by atoms with van der Waals surface area (Å²) >= 11 is 0. The van der Waals surface area contributed by atoms with Crippen LogP contribution in [0.2, 0.25) is 0 Å². The molecular formula is C10H16N2O. The van der Waals surface area contributed by atoms with Crippen LogP contribution in [0, 0.1) is 5.41 Å². The molecule has 0 amide bonds. The predicted molar refractivity (Wildman–Crippen MR) is 56.4 cm³/mol. The molecule has 4 N–H and O–H groups in total. The van der Waals surface area contributed by atoms with Gasteiger partial charge in [0.1, 0.15) is 5.75 Å². The van der Waals surface area contributed by atoms with Crippen LogP contribution in [0.25, 0.3) is 0 Å². The fraction of sp³-hybridized carbons (Fsp3) is 0.300. The van der Waals surface area contributed by atoms with Gasteiger partial charge >= 0.3 is 0 Å². The predicted octanol–water partition coefficient (Wildman–Crippen LogP) is 2.39. The van der Waals surface area contributed by atoms with E-state index in [0.717, 1.165) is 0 Å². The van der Waals surface area contributed by atoms with Crippen LogP contribution in [-0.4, -0.2) is 10.8 Å². The normalized spacial score (nSPS) is 8.54. The van der Waals surface area contributed by atoms with E-state index in [2.05, 4.69) is 0 Å². The van der Waals surface area contributed by atoms with Gasteiger partial charge in [-0.05, 0) is 25.1 Å². The maximum absolute atomic E-state index is 9.03. The summed E-state index contributed by atoms with van der Waals surface area (Å²) in [7, 11) is 0. The van der Waals surface area contributed by atoms with Gasteiger partial charge in [-0.3, -0.25) is 0 Å². The van der Waals surface area contributed by atoms with Crippen molar-refractivity contribution in [1.82, 2.24) is 0 Å². The third-order valence-corrected chi connectivity index (χ3v) is 1.44. The fourth-order valence-electron chi connectivity index (χ4n) is 0.869. The Hall–Kier alpha value is -1.51. The van der Waals surface area contributed by atoms with E-state index in [9.17, 15) is 0 Å². The molecule has 3 heteroatoms. The molecule has 0 fully saturated rings. The highest BCUT2D eigenvalue weighted by Gasteiger charge is 2.01. The quantitative estimate of drug-likeness (QED) is 0.353. The Labute approximate surface area is 78.7 Å². The van der Waals surface area contributed by atoms with E-state index >= 15 is 0 Å². The van der Waals surface area contributed by atoms with Crippen molar-refractivity contribution in [3.63, 3.8) is 0 Å². The number of hydrogen-bond acceptors (Lipinski definition) is 3. The Morgan fingerprint density at radius 2 is 1.92 bits per heavy atom. The lowest BCUT2D eigenvalue weighted by atomic mass is 10.1. The standard InChI is InChI=1S/C8H10N2O.C2H6/c1-5(9)7-4-6(11)2-3-8(7)10;1-2/h2-4,9,11H,10H2,1H3;1-2H3. The molecular weight excluding hydrogens is 164 g/mol. The molecule has 0 aromatic heterocycles. The first-order valence-corrected chi connectivity index (χ1v) is 4.25. The third kappa shape index (κ3) is 3.15. The van der Waals surface area contributed by atoms with Gasteiger partial charge in [-0.2, -0.15) is 0 Å². The number of benzene rings is 1. The monoisotopic (exact) mass is 180 g/mol. The summed E-state index contributed by atoms with van der Waals surface area (Å²) in [5.41, 5.74) is 7.01. The van der Waals surface area contributed by atoms with Crippen molar-refractivity contribution in [1.29, 1.82) is 5.41 Å². The summed E-state index contributed by atoms with van der Waals surface area (Å²) in [6.45, 7) is 5.63. The first-order chi connectivity index (χ1) is 6.11. The van der Waals surface area contributed by atoms with E-state index in [1.165, 1.54) is 12.1 Å². The second kappa shape index (κ2) is 5.19. The first kappa shape index (κ1) is 11.5. The van der Waals surface area contributed by atoms with E-state index in [0.29, 0.717) is 17.0 Å². The topological polar surface area (TPSA) is 70.1 Å². The molecule has 72 valence electrons. The minimum absolute atomic E-state index is 0.140. The van der Waals surface area contributed by atoms with E-state index in [1.807, 2.05) is 13.8 Å². The SMILES string of the molecule is CC.CC(=N)c1cc(O)ccc1N. The van der Waals surface area contributed by atoms with Crippen LogP contribution in [0.3, 0.4) is 0 Å². The van der Waals surface area contributed by atoms with Gasteiger partial charge in [0.15, 0.2) is 0 Å². The summed E-state index contributed by atoms with van der Waals surface area (Å²) in [4.78, 5) is 0. The van der Waals surface area contributed by atoms with Gasteiger partial charge in [0.2, 0.25) is 0 Å². The van der Waals surface area contributed by atoms with Gasteiger partial charge in [0, 0.05) is 17.0 Å². The summed E-state index contributed by atoms with van der Waals surface area (Å²) in [5.74, 6) is 0.140. The van der Waals surface area contributed by atoms with E-state index < -0.39 is 0 Å². The lowest BCUT2D eigenvalue weighted by molar-refractivity contribution is 0.475. The van der Waals surface area contributed by atoms with Crippen molar-refractivity contribution in [3.8, 4) is 5.75 Å². The number of nitrogens with two attached hydrogens (primary N) is 1. The zero-order valence-corrected chi connectivity index (χ0v) is 8.26. The van der Waals surface area contributed by atoms with Gasteiger partial charge in [0.25, 0.3) is 0 Å². The van der Waals surface area contributed by atoms with Crippen molar-refractivity contribution in [2.75, 3.05) is 5.73 Å². The number of phenolic OH excluding ortho intramolecular Hbond substituents is 1. The fourth-order valence-corrected chi connectivity index (χ4v) is 0.869. The van der Waals surface area contributed by atoms with Crippen LogP contribution in [0.4, 0.5) is 5.69 Å². The van der Waals surface area contributed by atoms with Crippen molar-refractivity contribution in [3.05, 3.63) is 23.8 Å². The van der Waals surface area contributed by atoms with Crippen LogP contribution in [0.1, 0.15) is 26.3 Å². The van der Waals surface area contributed by atoms with E-state index in [-0.39, 0.29) is 5.75 Å². The smallest absolute Gasteiger partial charge is 0.116 e. The van der Waals surface area contributed by atoms with Gasteiger partial charge in [-0.1, -0.05) is 13.8 Å².